The molecule has 21 heavy (non-hydrogen) atoms. The Morgan fingerprint density at radius 3 is 2.76 bits per heavy atom. The van der Waals surface area contributed by atoms with Gasteiger partial charge in [0.2, 0.25) is 0 Å². The highest BCUT2D eigenvalue weighted by Crippen LogP contribution is 2.40. The van der Waals surface area contributed by atoms with Crippen molar-refractivity contribution in [2.24, 2.45) is 5.92 Å². The molecule has 0 bridgehead atoms. The molecular formula is C15H17NO5. The molecule has 2 rings (SSSR count). The third-order valence-electron chi connectivity index (χ3n) is 3.57. The van der Waals surface area contributed by atoms with Crippen LogP contribution in [0.25, 0.3) is 0 Å². The van der Waals surface area contributed by atoms with E-state index in [0.29, 0.717) is 18.3 Å². The standard InChI is InChI=1S/C15H17NO5/c1-3-10(9-17)15(13(18)20-4-2)11-7-5-6-8-12(11)21-14(19)16-15/h5-10H,3-4H2,1-2H3,(H,16,19)/t10-,15-/m1/s1. The molecule has 112 valence electrons. The molecule has 0 spiro atoms. The Hall–Kier alpha value is -2.37. The molecule has 1 aromatic rings. The minimum absolute atomic E-state index is 0.148. The summed E-state index contributed by atoms with van der Waals surface area (Å²) in [7, 11) is 0. The van der Waals surface area contributed by atoms with Gasteiger partial charge >= 0.3 is 12.1 Å². The molecule has 1 N–H and O–H groups in total. The first-order valence-corrected chi connectivity index (χ1v) is 6.82. The SMILES string of the molecule is CCOC(=O)[C@]1([C@@H](C=O)CC)NC(=O)Oc2ccccc21. The van der Waals surface area contributed by atoms with Gasteiger partial charge in [-0.05, 0) is 19.4 Å². The van der Waals surface area contributed by atoms with Gasteiger partial charge in [0, 0.05) is 5.56 Å². The summed E-state index contributed by atoms with van der Waals surface area (Å²) in [5.41, 5.74) is -1.11. The number of fused-ring (bicyclic) bond motifs is 1. The van der Waals surface area contributed by atoms with Gasteiger partial charge in [-0.3, -0.25) is 0 Å². The van der Waals surface area contributed by atoms with Crippen LogP contribution in [-0.4, -0.2) is 25.0 Å². The zero-order valence-corrected chi connectivity index (χ0v) is 11.9. The smallest absolute Gasteiger partial charge is 0.413 e. The molecule has 1 aliphatic heterocycles. The molecule has 0 aliphatic carbocycles. The first-order valence-electron chi connectivity index (χ1n) is 6.82. The lowest BCUT2D eigenvalue weighted by Gasteiger charge is -2.39. The monoisotopic (exact) mass is 291 g/mol. The van der Waals surface area contributed by atoms with Gasteiger partial charge in [0.15, 0.2) is 5.54 Å². The summed E-state index contributed by atoms with van der Waals surface area (Å²) in [6.45, 7) is 3.58. The van der Waals surface area contributed by atoms with Gasteiger partial charge in [-0.25, -0.2) is 9.59 Å². The lowest BCUT2D eigenvalue weighted by molar-refractivity contribution is -0.156. The third kappa shape index (κ3) is 2.37. The number of nitrogens with one attached hydrogen (secondary N) is 1. The molecule has 0 radical (unpaired) electrons. The normalized spacial score (nSPS) is 21.5. The Morgan fingerprint density at radius 2 is 2.14 bits per heavy atom. The lowest BCUT2D eigenvalue weighted by atomic mass is 9.76. The highest BCUT2D eigenvalue weighted by Gasteiger charge is 2.53. The number of amides is 1. The van der Waals surface area contributed by atoms with Crippen molar-refractivity contribution in [2.75, 3.05) is 6.61 Å². The van der Waals surface area contributed by atoms with E-state index in [1.807, 2.05) is 0 Å². The van der Waals surface area contributed by atoms with Crippen molar-refractivity contribution in [3.63, 3.8) is 0 Å². The number of carbonyl (C=O) groups is 3. The Morgan fingerprint density at radius 1 is 1.43 bits per heavy atom. The predicted molar refractivity (Wildman–Crippen MR) is 73.8 cm³/mol. The molecule has 0 saturated heterocycles. The van der Waals surface area contributed by atoms with Crippen molar-refractivity contribution in [3.8, 4) is 5.75 Å². The van der Waals surface area contributed by atoms with Crippen molar-refractivity contribution in [2.45, 2.75) is 25.8 Å². The van der Waals surface area contributed by atoms with E-state index in [0.717, 1.165) is 0 Å². The number of aldehydes is 1. The van der Waals surface area contributed by atoms with Crippen LogP contribution in [0.5, 0.6) is 5.75 Å². The molecule has 6 heteroatoms. The fraction of sp³-hybridized carbons (Fsp3) is 0.400. The second-order valence-corrected chi connectivity index (χ2v) is 4.69. The summed E-state index contributed by atoms with van der Waals surface area (Å²) >= 11 is 0. The van der Waals surface area contributed by atoms with Crippen molar-refractivity contribution in [3.05, 3.63) is 29.8 Å². The van der Waals surface area contributed by atoms with E-state index in [1.54, 1.807) is 38.1 Å². The van der Waals surface area contributed by atoms with Crippen LogP contribution < -0.4 is 10.1 Å². The number of para-hydroxylation sites is 1. The molecule has 0 aromatic heterocycles. The second kappa shape index (κ2) is 5.95. The summed E-state index contributed by atoms with van der Waals surface area (Å²) in [4.78, 5) is 35.8. The summed E-state index contributed by atoms with van der Waals surface area (Å²) in [6.07, 6.45) is 0.262. The summed E-state index contributed by atoms with van der Waals surface area (Å²) in [5.74, 6) is -1.15. The fourth-order valence-corrected chi connectivity index (χ4v) is 2.59. The van der Waals surface area contributed by atoms with Crippen LogP contribution in [0, 0.1) is 5.92 Å². The molecule has 6 nitrogen and oxygen atoms in total. The Kier molecular flexibility index (Phi) is 4.26. The number of esters is 1. The molecule has 1 aliphatic rings. The van der Waals surface area contributed by atoms with Gasteiger partial charge in [0.05, 0.1) is 12.5 Å². The Balaban J connectivity index is 2.67. The number of carbonyl (C=O) groups excluding carboxylic acids is 3. The zero-order chi connectivity index (χ0) is 15.5. The van der Waals surface area contributed by atoms with Gasteiger partial charge in [-0.1, -0.05) is 25.1 Å². The molecule has 1 aromatic carbocycles. The topological polar surface area (TPSA) is 81.7 Å². The lowest BCUT2D eigenvalue weighted by Crippen LogP contribution is -2.60. The van der Waals surface area contributed by atoms with Gasteiger partial charge < -0.3 is 19.6 Å². The quantitative estimate of drug-likeness (QED) is 0.660. The van der Waals surface area contributed by atoms with Crippen molar-refractivity contribution >= 4 is 18.3 Å². The average molecular weight is 291 g/mol. The highest BCUT2D eigenvalue weighted by atomic mass is 16.6. The predicted octanol–water partition coefficient (Wildman–Crippen LogP) is 1.77. The molecule has 0 saturated carbocycles. The van der Waals surface area contributed by atoms with Gasteiger partial charge in [-0.15, -0.1) is 0 Å². The molecule has 1 heterocycles. The maximum atomic E-state index is 12.5. The second-order valence-electron chi connectivity index (χ2n) is 4.69. The summed E-state index contributed by atoms with van der Waals surface area (Å²) < 4.78 is 10.2. The number of hydrogen-bond donors (Lipinski definition) is 1. The van der Waals surface area contributed by atoms with E-state index in [2.05, 4.69) is 5.32 Å². The van der Waals surface area contributed by atoms with E-state index >= 15 is 0 Å². The van der Waals surface area contributed by atoms with Gasteiger partial charge in [0.25, 0.3) is 0 Å². The zero-order valence-electron chi connectivity index (χ0n) is 11.9. The number of ether oxygens (including phenoxy) is 2. The average Bonchev–Trinajstić information content (AvgIpc) is 2.48. The van der Waals surface area contributed by atoms with Gasteiger partial charge in [-0.2, -0.15) is 0 Å². The molecule has 0 unspecified atom stereocenters. The van der Waals surface area contributed by atoms with Crippen LogP contribution in [0.4, 0.5) is 4.79 Å². The van der Waals surface area contributed by atoms with Crippen LogP contribution >= 0.6 is 0 Å². The Labute approximate surface area is 122 Å². The van der Waals surface area contributed by atoms with Crippen molar-refractivity contribution in [1.82, 2.24) is 5.32 Å². The first-order chi connectivity index (χ1) is 10.1. The molecule has 2 atom stereocenters. The molecule has 0 fully saturated rings. The largest absolute Gasteiger partial charge is 0.464 e. The Bertz CT molecular complexity index is 571. The number of rotatable bonds is 5. The fourth-order valence-electron chi connectivity index (χ4n) is 2.59. The van der Waals surface area contributed by atoms with Crippen LogP contribution in [0.3, 0.4) is 0 Å². The minimum Gasteiger partial charge on any atom is -0.464 e. The van der Waals surface area contributed by atoms with Crippen LogP contribution in [0.2, 0.25) is 0 Å². The number of benzene rings is 1. The van der Waals surface area contributed by atoms with Gasteiger partial charge in [0.1, 0.15) is 12.0 Å². The summed E-state index contributed by atoms with van der Waals surface area (Å²) in [5, 5.41) is 2.51. The third-order valence-corrected chi connectivity index (χ3v) is 3.57. The van der Waals surface area contributed by atoms with Crippen LogP contribution in [0.1, 0.15) is 25.8 Å². The van der Waals surface area contributed by atoms with E-state index in [-0.39, 0.29) is 12.4 Å². The molecule has 1 amide bonds. The maximum absolute atomic E-state index is 12.5. The van der Waals surface area contributed by atoms with E-state index in [1.165, 1.54) is 0 Å². The minimum atomic E-state index is -1.54. The van der Waals surface area contributed by atoms with Crippen molar-refractivity contribution in [1.29, 1.82) is 0 Å². The maximum Gasteiger partial charge on any atom is 0.413 e. The van der Waals surface area contributed by atoms with E-state index in [9.17, 15) is 14.4 Å². The molecular weight excluding hydrogens is 274 g/mol. The van der Waals surface area contributed by atoms with E-state index in [4.69, 9.17) is 9.47 Å². The van der Waals surface area contributed by atoms with Crippen LogP contribution in [0.15, 0.2) is 24.3 Å². The van der Waals surface area contributed by atoms with Crippen molar-refractivity contribution < 1.29 is 23.9 Å². The van der Waals surface area contributed by atoms with E-state index < -0.39 is 23.5 Å². The number of hydrogen-bond acceptors (Lipinski definition) is 5. The summed E-state index contributed by atoms with van der Waals surface area (Å²) in [6, 6.07) is 6.64. The van der Waals surface area contributed by atoms with Crippen LogP contribution in [-0.2, 0) is 19.9 Å². The first kappa shape index (κ1) is 15.0. The highest BCUT2D eigenvalue weighted by molar-refractivity contribution is 5.93.